The summed E-state index contributed by atoms with van der Waals surface area (Å²) in [7, 11) is 0. The van der Waals surface area contributed by atoms with Crippen LogP contribution in [-0.4, -0.2) is 27.3 Å². The molecule has 7 nitrogen and oxygen atoms in total. The molecule has 1 aliphatic carbocycles. The number of carbonyl (C=O) groups excluding carboxylic acids is 1. The number of benzene rings is 1. The van der Waals surface area contributed by atoms with E-state index in [1.807, 2.05) is 31.2 Å². The number of amides is 1. The second-order valence-electron chi connectivity index (χ2n) is 7.65. The minimum Gasteiger partial charge on any atom is -0.338 e. The summed E-state index contributed by atoms with van der Waals surface area (Å²) in [6, 6.07) is 12.4. The standard InChI is InChI=1S/C22H27N5O2/c1-2-27-20(28)11-10-19(26-27)17-8-6-16(7-9-17)14-18(15-23)25-21(29)22(24)12-4-3-5-13-22/h6-11,18H,2-5,12-14,24H2,1H3,(H,25,29)/t18-/m0/s1. The molecule has 1 heterocycles. The molecule has 0 spiro atoms. The second-order valence-corrected chi connectivity index (χ2v) is 7.65. The van der Waals surface area contributed by atoms with E-state index >= 15 is 0 Å². The van der Waals surface area contributed by atoms with E-state index in [9.17, 15) is 14.9 Å². The zero-order valence-electron chi connectivity index (χ0n) is 16.7. The first-order valence-electron chi connectivity index (χ1n) is 10.1. The lowest BCUT2D eigenvalue weighted by Gasteiger charge is -2.32. The monoisotopic (exact) mass is 393 g/mol. The van der Waals surface area contributed by atoms with Crippen molar-refractivity contribution in [3.63, 3.8) is 0 Å². The fourth-order valence-corrected chi connectivity index (χ4v) is 3.72. The van der Waals surface area contributed by atoms with Crippen LogP contribution in [0.3, 0.4) is 0 Å². The maximum atomic E-state index is 12.6. The average Bonchev–Trinajstić information content (AvgIpc) is 2.74. The normalized spacial score (nSPS) is 16.6. The van der Waals surface area contributed by atoms with Gasteiger partial charge < -0.3 is 11.1 Å². The van der Waals surface area contributed by atoms with Crippen LogP contribution in [0.15, 0.2) is 41.2 Å². The molecule has 152 valence electrons. The van der Waals surface area contributed by atoms with E-state index in [4.69, 9.17) is 5.73 Å². The van der Waals surface area contributed by atoms with E-state index in [2.05, 4.69) is 16.5 Å². The highest BCUT2D eigenvalue weighted by Crippen LogP contribution is 2.26. The lowest BCUT2D eigenvalue weighted by molar-refractivity contribution is -0.127. The Hall–Kier alpha value is -2.98. The van der Waals surface area contributed by atoms with E-state index in [1.54, 1.807) is 6.07 Å². The van der Waals surface area contributed by atoms with Crippen molar-refractivity contribution in [1.29, 1.82) is 5.26 Å². The minimum absolute atomic E-state index is 0.129. The largest absolute Gasteiger partial charge is 0.338 e. The Balaban J connectivity index is 1.67. The quantitative estimate of drug-likeness (QED) is 0.780. The number of aryl methyl sites for hydroxylation is 1. The van der Waals surface area contributed by atoms with E-state index in [-0.39, 0.29) is 11.5 Å². The molecule has 1 aromatic heterocycles. The Morgan fingerprint density at radius 3 is 2.55 bits per heavy atom. The topological polar surface area (TPSA) is 114 Å². The molecule has 1 saturated carbocycles. The highest BCUT2D eigenvalue weighted by Gasteiger charge is 2.36. The van der Waals surface area contributed by atoms with Gasteiger partial charge in [0.25, 0.3) is 5.56 Å². The first-order chi connectivity index (χ1) is 13.9. The van der Waals surface area contributed by atoms with Gasteiger partial charge >= 0.3 is 0 Å². The highest BCUT2D eigenvalue weighted by atomic mass is 16.2. The molecule has 1 atom stereocenters. The number of rotatable bonds is 6. The Morgan fingerprint density at radius 2 is 1.93 bits per heavy atom. The van der Waals surface area contributed by atoms with Crippen LogP contribution in [0.2, 0.25) is 0 Å². The number of nitrogens with two attached hydrogens (primary N) is 1. The molecule has 1 fully saturated rings. The van der Waals surface area contributed by atoms with Gasteiger partial charge in [0.05, 0.1) is 17.3 Å². The van der Waals surface area contributed by atoms with Gasteiger partial charge in [-0.2, -0.15) is 10.4 Å². The molecule has 0 unspecified atom stereocenters. The molecule has 1 amide bonds. The first kappa shape index (κ1) is 20.7. The summed E-state index contributed by atoms with van der Waals surface area (Å²) < 4.78 is 1.42. The van der Waals surface area contributed by atoms with Crippen LogP contribution in [0.4, 0.5) is 0 Å². The summed E-state index contributed by atoms with van der Waals surface area (Å²) in [6.45, 7) is 2.38. The zero-order valence-corrected chi connectivity index (χ0v) is 16.7. The van der Waals surface area contributed by atoms with Crippen molar-refractivity contribution >= 4 is 5.91 Å². The first-order valence-corrected chi connectivity index (χ1v) is 10.1. The number of hydrogen-bond acceptors (Lipinski definition) is 5. The molecule has 0 aliphatic heterocycles. The van der Waals surface area contributed by atoms with Gasteiger partial charge in [0, 0.05) is 24.6 Å². The number of nitrogens with zero attached hydrogens (tertiary/aromatic N) is 3. The summed E-state index contributed by atoms with van der Waals surface area (Å²) in [5.41, 5.74) is 7.81. The summed E-state index contributed by atoms with van der Waals surface area (Å²) in [4.78, 5) is 24.3. The SMILES string of the molecule is CCn1nc(-c2ccc(C[C@@H](C#N)NC(=O)C3(N)CCCCC3)cc2)ccc1=O. The highest BCUT2D eigenvalue weighted by molar-refractivity contribution is 5.86. The van der Waals surface area contributed by atoms with Crippen molar-refractivity contribution in [1.82, 2.24) is 15.1 Å². The van der Waals surface area contributed by atoms with Crippen molar-refractivity contribution in [3.8, 4) is 17.3 Å². The van der Waals surface area contributed by atoms with Crippen LogP contribution in [0.5, 0.6) is 0 Å². The maximum Gasteiger partial charge on any atom is 0.266 e. The Bertz CT molecular complexity index is 952. The Morgan fingerprint density at radius 1 is 1.24 bits per heavy atom. The van der Waals surface area contributed by atoms with Crippen LogP contribution in [0.25, 0.3) is 11.3 Å². The molecule has 1 aliphatic rings. The van der Waals surface area contributed by atoms with Crippen molar-refractivity contribution < 1.29 is 4.79 Å². The summed E-state index contributed by atoms with van der Waals surface area (Å²) in [6.07, 6.45) is 4.73. The van der Waals surface area contributed by atoms with E-state index in [1.165, 1.54) is 10.7 Å². The molecular formula is C22H27N5O2. The van der Waals surface area contributed by atoms with Gasteiger partial charge in [-0.3, -0.25) is 9.59 Å². The van der Waals surface area contributed by atoms with Crippen LogP contribution >= 0.6 is 0 Å². The smallest absolute Gasteiger partial charge is 0.266 e. The third kappa shape index (κ3) is 4.90. The average molecular weight is 393 g/mol. The predicted octanol–water partition coefficient (Wildman–Crippen LogP) is 2.14. The van der Waals surface area contributed by atoms with Crippen molar-refractivity contribution in [3.05, 3.63) is 52.3 Å². The molecule has 0 radical (unpaired) electrons. The molecule has 3 rings (SSSR count). The molecule has 2 aromatic rings. The van der Waals surface area contributed by atoms with Gasteiger partial charge in [0.1, 0.15) is 6.04 Å². The van der Waals surface area contributed by atoms with E-state index in [0.29, 0.717) is 31.5 Å². The van der Waals surface area contributed by atoms with E-state index < -0.39 is 11.6 Å². The summed E-state index contributed by atoms with van der Waals surface area (Å²) >= 11 is 0. The predicted molar refractivity (Wildman–Crippen MR) is 111 cm³/mol. The third-order valence-electron chi connectivity index (χ3n) is 5.51. The van der Waals surface area contributed by atoms with Gasteiger partial charge in [-0.1, -0.05) is 43.5 Å². The number of nitrogens with one attached hydrogen (secondary N) is 1. The fraction of sp³-hybridized carbons (Fsp3) is 0.455. The van der Waals surface area contributed by atoms with Gasteiger partial charge in [0.15, 0.2) is 0 Å². The van der Waals surface area contributed by atoms with Crippen LogP contribution in [0, 0.1) is 11.3 Å². The van der Waals surface area contributed by atoms with Crippen LogP contribution < -0.4 is 16.6 Å². The molecule has 29 heavy (non-hydrogen) atoms. The van der Waals surface area contributed by atoms with E-state index in [0.717, 1.165) is 30.4 Å². The van der Waals surface area contributed by atoms with Gasteiger partial charge in [-0.15, -0.1) is 0 Å². The summed E-state index contributed by atoms with van der Waals surface area (Å²) in [5, 5.41) is 16.7. The Labute approximate surface area is 170 Å². The lowest BCUT2D eigenvalue weighted by atomic mass is 9.81. The fourth-order valence-electron chi connectivity index (χ4n) is 3.72. The number of hydrogen-bond donors (Lipinski definition) is 2. The van der Waals surface area contributed by atoms with Gasteiger partial charge in [-0.05, 0) is 31.4 Å². The number of nitriles is 1. The van der Waals surface area contributed by atoms with Gasteiger partial charge in [0.2, 0.25) is 5.91 Å². The molecule has 7 heteroatoms. The van der Waals surface area contributed by atoms with Crippen molar-refractivity contribution in [2.24, 2.45) is 5.73 Å². The molecular weight excluding hydrogens is 366 g/mol. The molecule has 1 aromatic carbocycles. The third-order valence-corrected chi connectivity index (χ3v) is 5.51. The zero-order chi connectivity index (χ0) is 20.9. The van der Waals surface area contributed by atoms with Crippen molar-refractivity contribution in [2.75, 3.05) is 0 Å². The van der Waals surface area contributed by atoms with Crippen LogP contribution in [-0.2, 0) is 17.8 Å². The molecule has 3 N–H and O–H groups in total. The van der Waals surface area contributed by atoms with Crippen molar-refractivity contribution in [2.45, 2.75) is 63.6 Å². The van der Waals surface area contributed by atoms with Crippen LogP contribution in [0.1, 0.15) is 44.6 Å². The molecule has 0 saturated heterocycles. The number of aromatic nitrogens is 2. The second kappa shape index (κ2) is 9.01. The number of carbonyl (C=O) groups is 1. The Kier molecular flexibility index (Phi) is 6.45. The van der Waals surface area contributed by atoms with Gasteiger partial charge in [-0.25, -0.2) is 4.68 Å². The maximum absolute atomic E-state index is 12.6. The lowest BCUT2D eigenvalue weighted by Crippen LogP contribution is -2.57. The summed E-state index contributed by atoms with van der Waals surface area (Å²) in [5.74, 6) is -0.230. The molecule has 0 bridgehead atoms. The minimum atomic E-state index is -0.856.